The molecule has 0 spiro atoms. The molecule has 0 fully saturated rings. The van der Waals surface area contributed by atoms with Crippen LogP contribution in [0, 0.1) is 0 Å². The standard InChI is InChI=1S/C12H23N3O/c1-4-7-10-14-11(15-16-10)12(13,8-5-2)9-6-3/h4-9,13H2,1-3H3. The summed E-state index contributed by atoms with van der Waals surface area (Å²) in [4.78, 5) is 4.41. The van der Waals surface area contributed by atoms with Crippen LogP contribution in [0.5, 0.6) is 0 Å². The molecule has 1 rings (SSSR count). The van der Waals surface area contributed by atoms with E-state index in [9.17, 15) is 0 Å². The zero-order valence-corrected chi connectivity index (χ0v) is 10.6. The fourth-order valence-electron chi connectivity index (χ4n) is 2.01. The van der Waals surface area contributed by atoms with Gasteiger partial charge in [-0.2, -0.15) is 4.98 Å². The molecule has 4 heteroatoms. The van der Waals surface area contributed by atoms with Crippen LogP contribution < -0.4 is 5.73 Å². The van der Waals surface area contributed by atoms with Gasteiger partial charge in [0.05, 0.1) is 5.54 Å². The first-order chi connectivity index (χ1) is 7.66. The summed E-state index contributed by atoms with van der Waals surface area (Å²) in [6.45, 7) is 6.35. The van der Waals surface area contributed by atoms with E-state index < -0.39 is 5.54 Å². The predicted molar refractivity (Wildman–Crippen MR) is 64.0 cm³/mol. The smallest absolute Gasteiger partial charge is 0.226 e. The third-order valence-electron chi connectivity index (χ3n) is 2.77. The summed E-state index contributed by atoms with van der Waals surface area (Å²) < 4.78 is 5.20. The van der Waals surface area contributed by atoms with Crippen LogP contribution in [0.25, 0.3) is 0 Å². The molecule has 0 atom stereocenters. The number of nitrogens with two attached hydrogens (primary N) is 1. The maximum absolute atomic E-state index is 6.36. The van der Waals surface area contributed by atoms with E-state index in [2.05, 4.69) is 30.9 Å². The molecule has 0 saturated carbocycles. The van der Waals surface area contributed by atoms with E-state index in [1.54, 1.807) is 0 Å². The number of aryl methyl sites for hydroxylation is 1. The average molecular weight is 225 g/mol. The maximum Gasteiger partial charge on any atom is 0.226 e. The number of aromatic nitrogens is 2. The molecular weight excluding hydrogens is 202 g/mol. The van der Waals surface area contributed by atoms with Crippen molar-refractivity contribution < 1.29 is 4.52 Å². The van der Waals surface area contributed by atoms with Crippen LogP contribution in [0.2, 0.25) is 0 Å². The first-order valence-corrected chi connectivity index (χ1v) is 6.28. The van der Waals surface area contributed by atoms with Crippen molar-refractivity contribution in [2.24, 2.45) is 5.73 Å². The van der Waals surface area contributed by atoms with Gasteiger partial charge in [0.1, 0.15) is 0 Å². The molecular formula is C12H23N3O. The number of rotatable bonds is 7. The van der Waals surface area contributed by atoms with Crippen LogP contribution in [0.4, 0.5) is 0 Å². The molecule has 1 aromatic heterocycles. The van der Waals surface area contributed by atoms with Gasteiger partial charge in [-0.1, -0.05) is 38.8 Å². The molecule has 0 bridgehead atoms. The summed E-state index contributed by atoms with van der Waals surface area (Å²) in [6.07, 6.45) is 5.74. The molecule has 4 nitrogen and oxygen atoms in total. The Morgan fingerprint density at radius 3 is 2.25 bits per heavy atom. The monoisotopic (exact) mass is 225 g/mol. The first-order valence-electron chi connectivity index (χ1n) is 6.28. The summed E-state index contributed by atoms with van der Waals surface area (Å²) in [5.41, 5.74) is 5.96. The molecule has 0 aliphatic carbocycles. The van der Waals surface area contributed by atoms with Crippen molar-refractivity contribution in [2.75, 3.05) is 0 Å². The molecule has 0 aliphatic heterocycles. The zero-order valence-electron chi connectivity index (χ0n) is 10.6. The lowest BCUT2D eigenvalue weighted by molar-refractivity contribution is 0.316. The van der Waals surface area contributed by atoms with Crippen LogP contribution >= 0.6 is 0 Å². The summed E-state index contributed by atoms with van der Waals surface area (Å²) >= 11 is 0. The van der Waals surface area contributed by atoms with Crippen molar-refractivity contribution in [3.63, 3.8) is 0 Å². The average Bonchev–Trinajstić information content (AvgIpc) is 2.68. The molecule has 2 N–H and O–H groups in total. The van der Waals surface area contributed by atoms with Gasteiger partial charge in [0.2, 0.25) is 5.89 Å². The highest BCUT2D eigenvalue weighted by molar-refractivity contribution is 5.03. The van der Waals surface area contributed by atoms with Crippen molar-refractivity contribution in [3.05, 3.63) is 11.7 Å². The lowest BCUT2D eigenvalue weighted by Crippen LogP contribution is -2.37. The second-order valence-electron chi connectivity index (χ2n) is 4.42. The van der Waals surface area contributed by atoms with Gasteiger partial charge in [-0.05, 0) is 19.3 Å². The van der Waals surface area contributed by atoms with E-state index in [4.69, 9.17) is 10.3 Å². The second kappa shape index (κ2) is 5.99. The zero-order chi connectivity index (χ0) is 12.0. The summed E-state index contributed by atoms with van der Waals surface area (Å²) in [6, 6.07) is 0. The fourth-order valence-corrected chi connectivity index (χ4v) is 2.01. The minimum atomic E-state index is -0.404. The van der Waals surface area contributed by atoms with Gasteiger partial charge < -0.3 is 10.3 Å². The Balaban J connectivity index is 2.83. The number of nitrogens with zero attached hydrogens (tertiary/aromatic N) is 2. The molecule has 0 unspecified atom stereocenters. The van der Waals surface area contributed by atoms with Crippen LogP contribution in [0.3, 0.4) is 0 Å². The quantitative estimate of drug-likeness (QED) is 0.775. The molecule has 0 saturated heterocycles. The van der Waals surface area contributed by atoms with E-state index in [0.29, 0.717) is 11.7 Å². The molecule has 0 amide bonds. The molecule has 16 heavy (non-hydrogen) atoms. The van der Waals surface area contributed by atoms with Crippen molar-refractivity contribution in [3.8, 4) is 0 Å². The van der Waals surface area contributed by atoms with E-state index >= 15 is 0 Å². The maximum atomic E-state index is 6.36. The van der Waals surface area contributed by atoms with Gasteiger partial charge in [-0.15, -0.1) is 0 Å². The lowest BCUT2D eigenvalue weighted by Gasteiger charge is -2.24. The van der Waals surface area contributed by atoms with Gasteiger partial charge in [-0.3, -0.25) is 0 Å². The molecule has 1 aromatic rings. The Hall–Kier alpha value is -0.900. The first kappa shape index (κ1) is 13.2. The largest absolute Gasteiger partial charge is 0.339 e. The summed E-state index contributed by atoms with van der Waals surface area (Å²) in [7, 11) is 0. The van der Waals surface area contributed by atoms with Crippen LogP contribution in [-0.2, 0) is 12.0 Å². The predicted octanol–water partition coefficient (Wildman–Crippen LogP) is 2.78. The lowest BCUT2D eigenvalue weighted by atomic mass is 9.89. The summed E-state index contributed by atoms with van der Waals surface area (Å²) in [5.74, 6) is 1.39. The van der Waals surface area contributed by atoms with Crippen molar-refractivity contribution in [1.29, 1.82) is 0 Å². The molecule has 92 valence electrons. The fraction of sp³-hybridized carbons (Fsp3) is 0.833. The van der Waals surface area contributed by atoms with Gasteiger partial charge in [0, 0.05) is 6.42 Å². The Kier molecular flexibility index (Phi) is 4.93. The topological polar surface area (TPSA) is 64.9 Å². The number of hydrogen-bond acceptors (Lipinski definition) is 4. The van der Waals surface area contributed by atoms with Crippen LogP contribution in [-0.4, -0.2) is 10.1 Å². The van der Waals surface area contributed by atoms with Gasteiger partial charge >= 0.3 is 0 Å². The van der Waals surface area contributed by atoms with E-state index in [0.717, 1.165) is 38.5 Å². The Morgan fingerprint density at radius 1 is 1.12 bits per heavy atom. The van der Waals surface area contributed by atoms with Gasteiger partial charge in [0.15, 0.2) is 5.82 Å². The second-order valence-corrected chi connectivity index (χ2v) is 4.42. The highest BCUT2D eigenvalue weighted by Crippen LogP contribution is 2.26. The van der Waals surface area contributed by atoms with E-state index in [1.165, 1.54) is 0 Å². The highest BCUT2D eigenvalue weighted by Gasteiger charge is 2.30. The molecule has 1 heterocycles. The third kappa shape index (κ3) is 3.04. The van der Waals surface area contributed by atoms with Gasteiger partial charge in [0.25, 0.3) is 0 Å². The minimum Gasteiger partial charge on any atom is -0.339 e. The highest BCUT2D eigenvalue weighted by atomic mass is 16.5. The van der Waals surface area contributed by atoms with Crippen LogP contribution in [0.15, 0.2) is 4.52 Å². The van der Waals surface area contributed by atoms with Crippen LogP contribution in [0.1, 0.15) is 64.6 Å². The Morgan fingerprint density at radius 2 is 1.75 bits per heavy atom. The molecule has 0 aliphatic rings. The Bertz CT molecular complexity index is 303. The van der Waals surface area contributed by atoms with E-state index in [1.807, 2.05) is 0 Å². The Labute approximate surface area is 97.6 Å². The number of hydrogen-bond donors (Lipinski definition) is 1. The van der Waals surface area contributed by atoms with Crippen molar-refractivity contribution in [2.45, 2.75) is 64.8 Å². The van der Waals surface area contributed by atoms with E-state index in [-0.39, 0.29) is 0 Å². The molecule has 0 aromatic carbocycles. The van der Waals surface area contributed by atoms with Gasteiger partial charge in [-0.25, -0.2) is 0 Å². The van der Waals surface area contributed by atoms with Crippen molar-refractivity contribution >= 4 is 0 Å². The minimum absolute atomic E-state index is 0.404. The van der Waals surface area contributed by atoms with Crippen molar-refractivity contribution in [1.82, 2.24) is 10.1 Å². The summed E-state index contributed by atoms with van der Waals surface area (Å²) in [5, 5.41) is 4.03. The third-order valence-corrected chi connectivity index (χ3v) is 2.77. The molecule has 0 radical (unpaired) electrons. The SMILES string of the molecule is CCCc1nc(C(N)(CCC)CCC)no1. The normalized spacial score (nSPS) is 12.0.